The molecule has 1 saturated heterocycles. The van der Waals surface area contributed by atoms with Crippen LogP contribution in [-0.2, 0) is 6.42 Å². The molecule has 1 aromatic carbocycles. The van der Waals surface area contributed by atoms with E-state index in [1.807, 2.05) is 24.5 Å². The maximum atomic E-state index is 12.4. The third kappa shape index (κ3) is 5.71. The molecule has 27 heavy (non-hydrogen) atoms. The summed E-state index contributed by atoms with van der Waals surface area (Å²) in [6, 6.07) is 11.4. The predicted molar refractivity (Wildman–Crippen MR) is 105 cm³/mol. The fourth-order valence-corrected chi connectivity index (χ4v) is 3.58. The van der Waals surface area contributed by atoms with Crippen molar-refractivity contribution in [2.24, 2.45) is 5.92 Å². The van der Waals surface area contributed by atoms with Crippen molar-refractivity contribution in [1.29, 1.82) is 0 Å². The Morgan fingerprint density at radius 3 is 2.48 bits per heavy atom. The minimum atomic E-state index is -0.282. The number of rotatable bonds is 7. The molecule has 2 aromatic rings. The van der Waals surface area contributed by atoms with Crippen molar-refractivity contribution in [3.8, 4) is 11.5 Å². The molecule has 0 spiro atoms. The molecule has 0 atom stereocenters. The summed E-state index contributed by atoms with van der Waals surface area (Å²) in [6.07, 6.45) is 10.3. The third-order valence-electron chi connectivity index (χ3n) is 5.22. The maximum Gasteiger partial charge on any atom is 0.415 e. The highest BCUT2D eigenvalue weighted by molar-refractivity contribution is 5.71. The fourth-order valence-electron chi connectivity index (χ4n) is 3.58. The number of benzene rings is 1. The minimum absolute atomic E-state index is 0.282. The lowest BCUT2D eigenvalue weighted by molar-refractivity contribution is 0.127. The number of methoxy groups -OCH3 is 1. The van der Waals surface area contributed by atoms with Crippen LogP contribution in [0.2, 0.25) is 0 Å². The SMILES string of the molecule is COc1ccccc1OC(=O)N1CCC(CCCCc2ccncc2)CC1. The average Bonchev–Trinajstić information content (AvgIpc) is 2.73. The van der Waals surface area contributed by atoms with Crippen molar-refractivity contribution in [3.05, 3.63) is 54.4 Å². The molecule has 5 nitrogen and oxygen atoms in total. The molecule has 5 heteroatoms. The number of para-hydroxylation sites is 2. The summed E-state index contributed by atoms with van der Waals surface area (Å²) in [5.41, 5.74) is 1.36. The first-order valence-electron chi connectivity index (χ1n) is 9.75. The molecule has 1 amide bonds. The summed E-state index contributed by atoms with van der Waals surface area (Å²) in [6.45, 7) is 1.53. The number of aryl methyl sites for hydroxylation is 1. The topological polar surface area (TPSA) is 51.7 Å². The highest BCUT2D eigenvalue weighted by atomic mass is 16.6. The normalized spacial score (nSPS) is 14.8. The van der Waals surface area contributed by atoms with Gasteiger partial charge in [0.25, 0.3) is 0 Å². The van der Waals surface area contributed by atoms with Crippen LogP contribution in [0.4, 0.5) is 4.79 Å². The maximum absolute atomic E-state index is 12.4. The van der Waals surface area contributed by atoms with Crippen LogP contribution in [0.25, 0.3) is 0 Å². The Labute approximate surface area is 161 Å². The van der Waals surface area contributed by atoms with Crippen molar-refractivity contribution in [2.45, 2.75) is 38.5 Å². The quantitative estimate of drug-likeness (QED) is 0.664. The van der Waals surface area contributed by atoms with Crippen LogP contribution in [0.3, 0.4) is 0 Å². The molecule has 0 unspecified atom stereocenters. The van der Waals surface area contributed by atoms with E-state index in [1.54, 1.807) is 24.1 Å². The van der Waals surface area contributed by atoms with Crippen LogP contribution in [-0.4, -0.2) is 36.2 Å². The number of pyridine rings is 1. The number of hydrogen-bond acceptors (Lipinski definition) is 4. The van der Waals surface area contributed by atoms with Crippen LogP contribution >= 0.6 is 0 Å². The molecule has 1 aliphatic heterocycles. The number of hydrogen-bond donors (Lipinski definition) is 0. The van der Waals surface area contributed by atoms with Gasteiger partial charge in [-0.1, -0.05) is 25.0 Å². The van der Waals surface area contributed by atoms with Gasteiger partial charge in [0.2, 0.25) is 0 Å². The molecule has 1 aliphatic rings. The molecule has 1 aromatic heterocycles. The summed E-state index contributed by atoms with van der Waals surface area (Å²) >= 11 is 0. The Balaban J connectivity index is 1.36. The second kappa shape index (κ2) is 9.95. The number of carbonyl (C=O) groups is 1. The number of piperidine rings is 1. The number of carbonyl (C=O) groups excluding carboxylic acids is 1. The standard InChI is InChI=1S/C22H28N2O3/c1-26-20-8-4-5-9-21(20)27-22(25)24-16-12-19(13-17-24)7-3-2-6-18-10-14-23-15-11-18/h4-5,8-11,14-15,19H,2-3,6-7,12-13,16-17H2,1H3. The van der Waals surface area contributed by atoms with Crippen LogP contribution in [0.5, 0.6) is 11.5 Å². The summed E-state index contributed by atoms with van der Waals surface area (Å²) in [4.78, 5) is 18.3. The molecule has 0 bridgehead atoms. The molecule has 0 radical (unpaired) electrons. The smallest absolute Gasteiger partial charge is 0.415 e. The van der Waals surface area contributed by atoms with Gasteiger partial charge in [0.1, 0.15) is 0 Å². The Kier molecular flexibility index (Phi) is 7.08. The van der Waals surface area contributed by atoms with Gasteiger partial charge in [-0.15, -0.1) is 0 Å². The Bertz CT molecular complexity index is 713. The van der Waals surface area contributed by atoms with Gasteiger partial charge in [-0.05, 0) is 61.4 Å². The van der Waals surface area contributed by atoms with Gasteiger partial charge < -0.3 is 14.4 Å². The van der Waals surface area contributed by atoms with E-state index in [9.17, 15) is 4.79 Å². The summed E-state index contributed by atoms with van der Waals surface area (Å²) in [7, 11) is 1.58. The van der Waals surface area contributed by atoms with Crippen LogP contribution in [0.1, 0.15) is 37.7 Å². The number of nitrogens with zero attached hydrogens (tertiary/aromatic N) is 2. The first-order chi connectivity index (χ1) is 13.3. The summed E-state index contributed by atoms with van der Waals surface area (Å²) < 4.78 is 10.8. The number of ether oxygens (including phenoxy) is 2. The van der Waals surface area contributed by atoms with Gasteiger partial charge in [0.05, 0.1) is 7.11 Å². The molecule has 2 heterocycles. The Hall–Kier alpha value is -2.56. The lowest BCUT2D eigenvalue weighted by atomic mass is 9.91. The molecular formula is C22H28N2O3. The highest BCUT2D eigenvalue weighted by Crippen LogP contribution is 2.28. The van der Waals surface area contributed by atoms with Crippen LogP contribution < -0.4 is 9.47 Å². The second-order valence-corrected chi connectivity index (χ2v) is 7.05. The minimum Gasteiger partial charge on any atom is -0.493 e. The van der Waals surface area contributed by atoms with E-state index in [0.717, 1.165) is 32.4 Å². The van der Waals surface area contributed by atoms with E-state index >= 15 is 0 Å². The number of aromatic nitrogens is 1. The van der Waals surface area contributed by atoms with Gasteiger partial charge >= 0.3 is 6.09 Å². The molecular weight excluding hydrogens is 340 g/mol. The number of likely N-dealkylation sites (tertiary alicyclic amines) is 1. The zero-order valence-corrected chi connectivity index (χ0v) is 16.0. The van der Waals surface area contributed by atoms with Crippen molar-refractivity contribution < 1.29 is 14.3 Å². The first-order valence-corrected chi connectivity index (χ1v) is 9.75. The predicted octanol–water partition coefficient (Wildman–Crippen LogP) is 4.71. The largest absolute Gasteiger partial charge is 0.493 e. The molecule has 1 fully saturated rings. The van der Waals surface area contributed by atoms with Crippen LogP contribution in [0, 0.1) is 5.92 Å². The first kappa shape index (κ1) is 19.2. The molecule has 0 saturated carbocycles. The van der Waals surface area contributed by atoms with E-state index in [1.165, 1.54) is 24.8 Å². The zero-order valence-electron chi connectivity index (χ0n) is 16.0. The third-order valence-corrected chi connectivity index (χ3v) is 5.22. The molecule has 0 N–H and O–H groups in total. The summed E-state index contributed by atoms with van der Waals surface area (Å²) in [5, 5.41) is 0. The van der Waals surface area contributed by atoms with E-state index in [4.69, 9.17) is 9.47 Å². The molecule has 144 valence electrons. The van der Waals surface area contributed by atoms with E-state index in [2.05, 4.69) is 17.1 Å². The fraction of sp³-hybridized carbons (Fsp3) is 0.455. The van der Waals surface area contributed by atoms with Gasteiger partial charge in [-0.2, -0.15) is 0 Å². The summed E-state index contributed by atoms with van der Waals surface area (Å²) in [5.74, 6) is 1.76. The monoisotopic (exact) mass is 368 g/mol. The Morgan fingerprint density at radius 2 is 1.78 bits per heavy atom. The van der Waals surface area contributed by atoms with E-state index in [-0.39, 0.29) is 6.09 Å². The highest BCUT2D eigenvalue weighted by Gasteiger charge is 2.24. The van der Waals surface area contributed by atoms with Crippen molar-refractivity contribution in [3.63, 3.8) is 0 Å². The van der Waals surface area contributed by atoms with Gasteiger partial charge in [0, 0.05) is 25.5 Å². The van der Waals surface area contributed by atoms with Gasteiger partial charge in [0.15, 0.2) is 11.5 Å². The van der Waals surface area contributed by atoms with Gasteiger partial charge in [-0.25, -0.2) is 4.79 Å². The van der Waals surface area contributed by atoms with E-state index in [0.29, 0.717) is 17.4 Å². The Morgan fingerprint density at radius 1 is 1.07 bits per heavy atom. The van der Waals surface area contributed by atoms with Crippen molar-refractivity contribution >= 4 is 6.09 Å². The van der Waals surface area contributed by atoms with Crippen molar-refractivity contribution in [2.75, 3.05) is 20.2 Å². The van der Waals surface area contributed by atoms with Crippen molar-refractivity contribution in [1.82, 2.24) is 9.88 Å². The molecule has 0 aliphatic carbocycles. The number of unbranched alkanes of at least 4 members (excludes halogenated alkanes) is 1. The second-order valence-electron chi connectivity index (χ2n) is 7.05. The molecule has 3 rings (SSSR count). The van der Waals surface area contributed by atoms with E-state index < -0.39 is 0 Å². The number of amides is 1. The average molecular weight is 368 g/mol. The zero-order chi connectivity index (χ0) is 18.9. The lowest BCUT2D eigenvalue weighted by Crippen LogP contribution is -2.40. The van der Waals surface area contributed by atoms with Crippen LogP contribution in [0.15, 0.2) is 48.8 Å². The van der Waals surface area contributed by atoms with Gasteiger partial charge in [-0.3, -0.25) is 4.98 Å². The lowest BCUT2D eigenvalue weighted by Gasteiger charge is -2.31.